The second-order valence-electron chi connectivity index (χ2n) is 4.06. The van der Waals surface area contributed by atoms with Crippen molar-refractivity contribution in [2.45, 2.75) is 38.1 Å². The summed E-state index contributed by atoms with van der Waals surface area (Å²) < 4.78 is 0. The molecule has 0 unspecified atom stereocenters. The van der Waals surface area contributed by atoms with Gasteiger partial charge in [-0.15, -0.1) is 24.8 Å². The fraction of sp³-hybridized carbons (Fsp3) is 0.900. The maximum Gasteiger partial charge on any atom is 0.303 e. The molecule has 0 spiro atoms. The maximum absolute atomic E-state index is 10.5. The van der Waals surface area contributed by atoms with Gasteiger partial charge in [-0.1, -0.05) is 0 Å². The number of nitrogens with one attached hydrogen (secondary N) is 1. The van der Waals surface area contributed by atoms with E-state index in [0.29, 0.717) is 24.9 Å². The van der Waals surface area contributed by atoms with Gasteiger partial charge in [0.15, 0.2) is 0 Å². The summed E-state index contributed by atoms with van der Waals surface area (Å²) in [5.74, 6) is -0.271. The van der Waals surface area contributed by atoms with Gasteiger partial charge in [0.2, 0.25) is 0 Å². The minimum absolute atomic E-state index is 0. The first-order chi connectivity index (χ1) is 6.72. The molecule has 0 atom stereocenters. The van der Waals surface area contributed by atoms with Crippen molar-refractivity contribution in [1.29, 1.82) is 0 Å². The lowest BCUT2D eigenvalue weighted by molar-refractivity contribution is -0.138. The number of rotatable bonds is 5. The average Bonchev–Trinajstić information content (AvgIpc) is 2.16. The minimum atomic E-state index is -0.664. The van der Waals surface area contributed by atoms with Crippen molar-refractivity contribution in [2.24, 2.45) is 11.7 Å². The molecule has 1 rings (SSSR count). The number of halogens is 2. The molecule has 0 aromatic rings. The van der Waals surface area contributed by atoms with Crippen molar-refractivity contribution in [3.8, 4) is 0 Å². The monoisotopic (exact) mass is 272 g/mol. The number of nitrogens with two attached hydrogens (primary N) is 1. The van der Waals surface area contributed by atoms with Gasteiger partial charge < -0.3 is 16.2 Å². The summed E-state index contributed by atoms with van der Waals surface area (Å²) in [6.45, 7) is 1.54. The summed E-state index contributed by atoms with van der Waals surface area (Å²) in [6, 6.07) is 0.559. The molecule has 0 radical (unpaired) electrons. The van der Waals surface area contributed by atoms with Crippen LogP contribution in [0.25, 0.3) is 0 Å². The summed E-state index contributed by atoms with van der Waals surface area (Å²) in [7, 11) is 0. The first-order valence-corrected chi connectivity index (χ1v) is 5.37. The molecule has 6 heteroatoms. The summed E-state index contributed by atoms with van der Waals surface area (Å²) >= 11 is 0. The van der Waals surface area contributed by atoms with Crippen molar-refractivity contribution in [1.82, 2.24) is 5.32 Å². The highest BCUT2D eigenvalue weighted by Gasteiger charge is 2.22. The Hall–Kier alpha value is -0.0300. The highest BCUT2D eigenvalue weighted by atomic mass is 35.5. The average molecular weight is 273 g/mol. The van der Waals surface area contributed by atoms with E-state index in [9.17, 15) is 4.79 Å². The Bertz CT molecular complexity index is 186. The third kappa shape index (κ3) is 7.28. The largest absolute Gasteiger partial charge is 0.481 e. The van der Waals surface area contributed by atoms with Crippen LogP contribution in [0, 0.1) is 5.92 Å². The van der Waals surface area contributed by atoms with Gasteiger partial charge in [0, 0.05) is 25.6 Å². The van der Waals surface area contributed by atoms with Crippen molar-refractivity contribution in [3.63, 3.8) is 0 Å². The van der Waals surface area contributed by atoms with Crippen LogP contribution in [-0.2, 0) is 4.79 Å². The molecule has 0 amide bonds. The summed E-state index contributed by atoms with van der Waals surface area (Å²) in [5.41, 5.74) is 5.40. The normalized spacial score (nSPS) is 24.1. The zero-order chi connectivity index (χ0) is 10.4. The number of carbonyl (C=O) groups is 1. The third-order valence-electron chi connectivity index (χ3n) is 2.89. The van der Waals surface area contributed by atoms with Crippen molar-refractivity contribution < 1.29 is 9.90 Å². The van der Waals surface area contributed by atoms with E-state index in [4.69, 9.17) is 10.8 Å². The predicted molar refractivity (Wildman–Crippen MR) is 69.6 cm³/mol. The van der Waals surface area contributed by atoms with Crippen LogP contribution >= 0.6 is 24.8 Å². The fourth-order valence-corrected chi connectivity index (χ4v) is 2.11. The molecule has 0 aromatic carbocycles. The van der Waals surface area contributed by atoms with Crippen LogP contribution in [0.4, 0.5) is 0 Å². The molecular formula is C10H22Cl2N2O2. The number of hydrogen-bond acceptors (Lipinski definition) is 3. The van der Waals surface area contributed by atoms with E-state index in [1.54, 1.807) is 0 Å². The van der Waals surface area contributed by atoms with Crippen LogP contribution in [0.3, 0.4) is 0 Å². The van der Waals surface area contributed by atoms with E-state index >= 15 is 0 Å². The Labute approximate surface area is 109 Å². The van der Waals surface area contributed by atoms with Gasteiger partial charge in [-0.2, -0.15) is 0 Å². The molecule has 1 aliphatic carbocycles. The summed E-state index contributed by atoms with van der Waals surface area (Å²) in [6.07, 6.45) is 4.60. The van der Waals surface area contributed by atoms with E-state index in [1.165, 1.54) is 0 Å². The second-order valence-corrected chi connectivity index (χ2v) is 4.06. The first-order valence-electron chi connectivity index (χ1n) is 5.37. The van der Waals surface area contributed by atoms with Crippen molar-refractivity contribution >= 4 is 30.8 Å². The van der Waals surface area contributed by atoms with Crippen LogP contribution in [0.2, 0.25) is 0 Å². The van der Waals surface area contributed by atoms with Gasteiger partial charge in [-0.25, -0.2) is 0 Å². The van der Waals surface area contributed by atoms with Gasteiger partial charge in [-0.3, -0.25) is 4.79 Å². The summed E-state index contributed by atoms with van der Waals surface area (Å²) in [5, 5.41) is 12.0. The van der Waals surface area contributed by atoms with Gasteiger partial charge in [-0.05, 0) is 31.6 Å². The number of hydrogen-bond donors (Lipinski definition) is 3. The SMILES string of the molecule is Cl.Cl.NCCNC1CCC(CC(=O)O)CC1. The van der Waals surface area contributed by atoms with Crippen molar-refractivity contribution in [2.75, 3.05) is 13.1 Å². The van der Waals surface area contributed by atoms with Crippen LogP contribution in [-0.4, -0.2) is 30.2 Å². The van der Waals surface area contributed by atoms with Crippen LogP contribution in [0.1, 0.15) is 32.1 Å². The smallest absolute Gasteiger partial charge is 0.303 e. The molecule has 1 saturated carbocycles. The van der Waals surface area contributed by atoms with E-state index < -0.39 is 5.97 Å². The Morgan fingerprint density at radius 1 is 1.25 bits per heavy atom. The zero-order valence-electron chi connectivity index (χ0n) is 9.35. The Kier molecular flexibility index (Phi) is 11.6. The van der Waals surface area contributed by atoms with E-state index in [2.05, 4.69) is 5.32 Å². The molecule has 4 nitrogen and oxygen atoms in total. The quantitative estimate of drug-likeness (QED) is 0.708. The van der Waals surface area contributed by atoms with Gasteiger partial charge in [0.05, 0.1) is 0 Å². The molecule has 1 aliphatic rings. The zero-order valence-corrected chi connectivity index (χ0v) is 11.0. The standard InChI is InChI=1S/C10H20N2O2.2ClH/c11-5-6-12-9-3-1-8(2-4-9)7-10(13)14;;/h8-9,12H,1-7,11H2,(H,13,14);2*1H. The topological polar surface area (TPSA) is 75.3 Å². The summed E-state index contributed by atoms with van der Waals surface area (Å²) in [4.78, 5) is 10.5. The molecule has 0 aliphatic heterocycles. The minimum Gasteiger partial charge on any atom is -0.481 e. The lowest BCUT2D eigenvalue weighted by Crippen LogP contribution is -2.36. The molecule has 0 bridgehead atoms. The Morgan fingerprint density at radius 2 is 1.81 bits per heavy atom. The number of carboxylic acids is 1. The van der Waals surface area contributed by atoms with Gasteiger partial charge in [0.25, 0.3) is 0 Å². The third-order valence-corrected chi connectivity index (χ3v) is 2.89. The van der Waals surface area contributed by atoms with Crippen molar-refractivity contribution in [3.05, 3.63) is 0 Å². The van der Waals surface area contributed by atoms with Gasteiger partial charge >= 0.3 is 5.97 Å². The lowest BCUT2D eigenvalue weighted by atomic mass is 9.84. The fourth-order valence-electron chi connectivity index (χ4n) is 2.11. The molecule has 0 aromatic heterocycles. The number of aliphatic carboxylic acids is 1. The van der Waals surface area contributed by atoms with E-state index in [1.807, 2.05) is 0 Å². The molecule has 4 N–H and O–H groups in total. The Balaban J connectivity index is 0. The van der Waals surface area contributed by atoms with Crippen LogP contribution in [0.15, 0.2) is 0 Å². The van der Waals surface area contributed by atoms with Crippen LogP contribution in [0.5, 0.6) is 0 Å². The van der Waals surface area contributed by atoms with Gasteiger partial charge in [0.1, 0.15) is 0 Å². The second kappa shape index (κ2) is 10.1. The first kappa shape index (κ1) is 18.3. The predicted octanol–water partition coefficient (Wildman–Crippen LogP) is 1.41. The molecule has 0 saturated heterocycles. The Morgan fingerprint density at radius 3 is 2.25 bits per heavy atom. The van der Waals surface area contributed by atoms with E-state index in [-0.39, 0.29) is 24.8 Å². The molecular weight excluding hydrogens is 251 g/mol. The molecule has 0 heterocycles. The number of carboxylic acid groups (broad SMARTS) is 1. The maximum atomic E-state index is 10.5. The molecule has 98 valence electrons. The molecule has 16 heavy (non-hydrogen) atoms. The van der Waals surface area contributed by atoms with Crippen LogP contribution < -0.4 is 11.1 Å². The lowest BCUT2D eigenvalue weighted by Gasteiger charge is -2.28. The van der Waals surface area contributed by atoms with E-state index in [0.717, 1.165) is 32.2 Å². The highest BCUT2D eigenvalue weighted by molar-refractivity contribution is 5.85. The molecule has 1 fully saturated rings. The highest BCUT2D eigenvalue weighted by Crippen LogP contribution is 2.26.